The van der Waals surface area contributed by atoms with E-state index in [1.807, 2.05) is 0 Å². The van der Waals surface area contributed by atoms with Gasteiger partial charge in [0.15, 0.2) is 0 Å². The van der Waals surface area contributed by atoms with E-state index in [2.05, 4.69) is 0 Å². The molecule has 13 heavy (non-hydrogen) atoms. The molecular weight excluding hydrogens is 182 g/mol. The summed E-state index contributed by atoms with van der Waals surface area (Å²) in [5.74, 6) is 0. The van der Waals surface area contributed by atoms with Crippen LogP contribution in [0.1, 0.15) is 5.56 Å². The van der Waals surface area contributed by atoms with Crippen LogP contribution in [0, 0.1) is 6.92 Å². The molecule has 1 aromatic heterocycles. The van der Waals surface area contributed by atoms with Crippen molar-refractivity contribution >= 4 is 12.4 Å². The Hall–Kier alpha value is -1.20. The van der Waals surface area contributed by atoms with Gasteiger partial charge in [0.2, 0.25) is 0 Å². The van der Waals surface area contributed by atoms with Gasteiger partial charge in [-0.05, 0) is 13.1 Å². The number of aromatic nitrogens is 1. The quantitative estimate of drug-likeness (QED) is 0.598. The topological polar surface area (TPSA) is 22.0 Å². The second-order valence-corrected chi connectivity index (χ2v) is 2.95. The van der Waals surface area contributed by atoms with Crippen molar-refractivity contribution in [2.24, 2.45) is 7.05 Å². The van der Waals surface area contributed by atoms with Crippen molar-refractivity contribution < 1.29 is 12.9 Å². The highest BCUT2D eigenvalue weighted by atomic mass is 19.4. The van der Waals surface area contributed by atoms with E-state index in [1.165, 1.54) is 14.0 Å². The summed E-state index contributed by atoms with van der Waals surface area (Å²) in [7, 11) is 1.31. The zero-order valence-corrected chi connectivity index (χ0v) is 7.22. The molecule has 0 N–H and O–H groups in total. The minimum absolute atomic E-state index is 0.110. The average molecular weight is 190 g/mol. The SMILES string of the molecule is Cc1cc([B-](F)(F)F)cn(C)c1=O. The van der Waals surface area contributed by atoms with Gasteiger partial charge in [-0.3, -0.25) is 4.79 Å². The van der Waals surface area contributed by atoms with Crippen LogP contribution in [0.3, 0.4) is 0 Å². The summed E-state index contributed by atoms with van der Waals surface area (Å²) in [4.78, 5) is 11.1. The fourth-order valence-electron chi connectivity index (χ4n) is 1.09. The Kier molecular flexibility index (Phi) is 2.23. The van der Waals surface area contributed by atoms with Crippen molar-refractivity contribution in [3.8, 4) is 0 Å². The Labute approximate surface area is 73.1 Å². The first-order valence-electron chi connectivity index (χ1n) is 3.69. The van der Waals surface area contributed by atoms with Gasteiger partial charge in [-0.1, -0.05) is 11.5 Å². The minimum atomic E-state index is -5.02. The second-order valence-electron chi connectivity index (χ2n) is 2.95. The van der Waals surface area contributed by atoms with Crippen LogP contribution >= 0.6 is 0 Å². The van der Waals surface area contributed by atoms with E-state index < -0.39 is 18.0 Å². The highest BCUT2D eigenvalue weighted by Gasteiger charge is 2.26. The van der Waals surface area contributed by atoms with Crippen LogP contribution in [0.15, 0.2) is 17.1 Å². The molecule has 0 aliphatic heterocycles. The molecule has 1 heterocycles. The summed E-state index contributed by atoms with van der Waals surface area (Å²) in [6, 6.07) is 0.877. The van der Waals surface area contributed by atoms with Crippen molar-refractivity contribution in [3.05, 3.63) is 28.2 Å². The smallest absolute Gasteiger partial charge is 0.445 e. The van der Waals surface area contributed by atoms with Crippen LogP contribution in [0.4, 0.5) is 12.9 Å². The number of hydrogen-bond acceptors (Lipinski definition) is 1. The van der Waals surface area contributed by atoms with Crippen molar-refractivity contribution in [2.45, 2.75) is 6.92 Å². The number of pyridine rings is 1. The molecule has 1 aromatic rings. The summed E-state index contributed by atoms with van der Waals surface area (Å²) in [6.45, 7) is -3.65. The van der Waals surface area contributed by atoms with Gasteiger partial charge in [-0.25, -0.2) is 0 Å². The Balaban J connectivity index is 3.38. The number of rotatable bonds is 1. The summed E-state index contributed by atoms with van der Waals surface area (Å²) in [6.07, 6.45) is 0.815. The fourth-order valence-corrected chi connectivity index (χ4v) is 1.09. The first kappa shape index (κ1) is 9.89. The molecule has 0 aliphatic rings. The highest BCUT2D eigenvalue weighted by molar-refractivity contribution is 6.73. The molecule has 0 aliphatic carbocycles. The molecule has 72 valence electrons. The summed E-state index contributed by atoms with van der Waals surface area (Å²) < 4.78 is 37.6. The molecule has 0 spiro atoms. The molecule has 0 saturated carbocycles. The van der Waals surface area contributed by atoms with Crippen molar-refractivity contribution in [2.75, 3.05) is 0 Å². The number of aryl methyl sites for hydroxylation is 2. The lowest BCUT2D eigenvalue weighted by Gasteiger charge is -2.16. The van der Waals surface area contributed by atoms with Crippen LogP contribution in [-0.2, 0) is 7.05 Å². The largest absolute Gasteiger partial charge is 0.511 e. The molecular formula is C7H8BF3NO-. The van der Waals surface area contributed by atoms with Crippen LogP contribution in [0.5, 0.6) is 0 Å². The lowest BCUT2D eigenvalue weighted by molar-refractivity contribution is 0.500. The maximum atomic E-state index is 12.2. The Bertz CT molecular complexity index is 356. The third-order valence-corrected chi connectivity index (χ3v) is 1.76. The normalized spacial score (nSPS) is 11.8. The highest BCUT2D eigenvalue weighted by Crippen LogP contribution is 2.07. The molecule has 0 saturated heterocycles. The van der Waals surface area contributed by atoms with Gasteiger partial charge in [-0.15, -0.1) is 0 Å². The zero-order chi connectivity index (χ0) is 10.2. The minimum Gasteiger partial charge on any atom is -0.445 e. The third-order valence-electron chi connectivity index (χ3n) is 1.76. The van der Waals surface area contributed by atoms with Crippen molar-refractivity contribution in [1.82, 2.24) is 4.57 Å². The Morgan fingerprint density at radius 3 is 2.31 bits per heavy atom. The van der Waals surface area contributed by atoms with E-state index in [9.17, 15) is 17.7 Å². The lowest BCUT2D eigenvalue weighted by atomic mass is 9.81. The van der Waals surface area contributed by atoms with Gasteiger partial charge in [0, 0.05) is 12.6 Å². The van der Waals surface area contributed by atoms with E-state index in [-0.39, 0.29) is 5.56 Å². The van der Waals surface area contributed by atoms with Gasteiger partial charge < -0.3 is 17.5 Å². The van der Waals surface area contributed by atoms with E-state index in [1.54, 1.807) is 0 Å². The predicted octanol–water partition coefficient (Wildman–Crippen LogP) is 0.748. The van der Waals surface area contributed by atoms with E-state index in [0.717, 1.165) is 16.8 Å². The molecule has 0 atom stereocenters. The van der Waals surface area contributed by atoms with Crippen molar-refractivity contribution in [1.29, 1.82) is 0 Å². The van der Waals surface area contributed by atoms with Crippen LogP contribution in [0.25, 0.3) is 0 Å². The Morgan fingerprint density at radius 2 is 1.92 bits per heavy atom. The monoisotopic (exact) mass is 190 g/mol. The molecule has 0 radical (unpaired) electrons. The fraction of sp³-hybridized carbons (Fsp3) is 0.286. The first-order chi connectivity index (χ1) is 5.82. The van der Waals surface area contributed by atoms with E-state index in [4.69, 9.17) is 0 Å². The molecule has 0 fully saturated rings. The van der Waals surface area contributed by atoms with Gasteiger partial charge in [0.1, 0.15) is 0 Å². The standard InChI is InChI=1S/C7H8BF3NO/c1-5-3-6(8(9,10)11)4-12(2)7(5)13/h3-4H,1-2H3/q-1. The molecule has 0 amide bonds. The molecule has 0 unspecified atom stereocenters. The van der Waals surface area contributed by atoms with Gasteiger partial charge >= 0.3 is 6.98 Å². The number of nitrogens with zero attached hydrogens (tertiary/aromatic N) is 1. The van der Waals surface area contributed by atoms with E-state index in [0.29, 0.717) is 0 Å². The van der Waals surface area contributed by atoms with Gasteiger partial charge in [0.05, 0.1) is 0 Å². The van der Waals surface area contributed by atoms with Crippen LogP contribution in [-0.4, -0.2) is 11.5 Å². The molecule has 1 rings (SSSR count). The maximum Gasteiger partial charge on any atom is 0.511 e. The predicted molar refractivity (Wildman–Crippen MR) is 45.1 cm³/mol. The summed E-state index contributed by atoms with van der Waals surface area (Å²) in [5, 5.41) is 0. The number of hydrogen-bond donors (Lipinski definition) is 0. The summed E-state index contributed by atoms with van der Waals surface area (Å²) in [5.41, 5.74) is -1.03. The van der Waals surface area contributed by atoms with Crippen LogP contribution in [0.2, 0.25) is 0 Å². The maximum absolute atomic E-state index is 12.2. The third kappa shape index (κ3) is 1.94. The second kappa shape index (κ2) is 2.94. The van der Waals surface area contributed by atoms with Gasteiger partial charge in [0.25, 0.3) is 5.56 Å². The van der Waals surface area contributed by atoms with Gasteiger partial charge in [-0.2, -0.15) is 0 Å². The summed E-state index contributed by atoms with van der Waals surface area (Å²) >= 11 is 0. The number of halogens is 3. The Morgan fingerprint density at radius 1 is 1.38 bits per heavy atom. The molecule has 0 aromatic carbocycles. The first-order valence-corrected chi connectivity index (χ1v) is 3.69. The van der Waals surface area contributed by atoms with E-state index >= 15 is 0 Å². The lowest BCUT2D eigenvalue weighted by Crippen LogP contribution is -2.38. The molecule has 2 nitrogen and oxygen atoms in total. The van der Waals surface area contributed by atoms with Crippen LogP contribution < -0.4 is 11.0 Å². The average Bonchev–Trinajstić information content (AvgIpc) is 1.97. The molecule has 0 bridgehead atoms. The van der Waals surface area contributed by atoms with Crippen molar-refractivity contribution in [3.63, 3.8) is 0 Å². The zero-order valence-electron chi connectivity index (χ0n) is 7.22. The molecule has 6 heteroatoms.